The van der Waals surface area contributed by atoms with Crippen molar-refractivity contribution in [3.05, 3.63) is 157 Å². The lowest BCUT2D eigenvalue weighted by molar-refractivity contribution is 0.666. The second-order valence-electron chi connectivity index (χ2n) is 13.3. The van der Waals surface area contributed by atoms with Crippen molar-refractivity contribution in [2.75, 3.05) is 0 Å². The third kappa shape index (κ3) is 3.32. The Morgan fingerprint density at radius 1 is 0.378 bits per heavy atom. The molecule has 0 aromatic heterocycles. The molecule has 0 unspecified atom stereocenters. The summed E-state index contributed by atoms with van der Waals surface area (Å²) in [6.07, 6.45) is 0. The molecule has 0 radical (unpaired) electrons. The fourth-order valence-electron chi connectivity index (χ4n) is 8.53. The molecule has 0 saturated carbocycles. The minimum Gasteiger partial charge on any atom is -0.0619 e. The summed E-state index contributed by atoms with van der Waals surface area (Å²) in [4.78, 5) is 0. The molecule has 0 saturated heterocycles. The van der Waals surface area contributed by atoms with Crippen LogP contribution in [0.3, 0.4) is 0 Å². The zero-order valence-corrected chi connectivity index (χ0v) is 25.4. The average Bonchev–Trinajstić information content (AvgIpc) is 3.33. The molecule has 0 bridgehead atoms. The molecule has 0 aliphatic heterocycles. The SMILES string of the molecule is CC1(C)c2ccccc2-c2c(-c3cccc4ccccc34)cc3ccc(-c4ccc5ccc6cccc7ccc4c5c67)cc3c21. The van der Waals surface area contributed by atoms with E-state index >= 15 is 0 Å². The van der Waals surface area contributed by atoms with E-state index in [0.717, 1.165) is 0 Å². The quantitative estimate of drug-likeness (QED) is 0.181. The van der Waals surface area contributed by atoms with Gasteiger partial charge < -0.3 is 0 Å². The first-order valence-corrected chi connectivity index (χ1v) is 15.9. The van der Waals surface area contributed by atoms with E-state index in [-0.39, 0.29) is 5.41 Å². The summed E-state index contributed by atoms with van der Waals surface area (Å²) >= 11 is 0. The maximum absolute atomic E-state index is 2.47. The minimum atomic E-state index is -0.133. The van der Waals surface area contributed by atoms with Gasteiger partial charge in [-0.05, 0) is 111 Å². The van der Waals surface area contributed by atoms with E-state index in [2.05, 4.69) is 159 Å². The number of benzene rings is 9. The monoisotopic (exact) mass is 570 g/mol. The molecular formula is C45H30. The van der Waals surface area contributed by atoms with Crippen molar-refractivity contribution in [3.63, 3.8) is 0 Å². The Morgan fingerprint density at radius 2 is 1.02 bits per heavy atom. The molecule has 0 atom stereocenters. The Morgan fingerprint density at radius 3 is 1.91 bits per heavy atom. The van der Waals surface area contributed by atoms with Crippen LogP contribution < -0.4 is 0 Å². The lowest BCUT2D eigenvalue weighted by Gasteiger charge is -2.25. The summed E-state index contributed by atoms with van der Waals surface area (Å²) in [7, 11) is 0. The third-order valence-corrected chi connectivity index (χ3v) is 10.6. The van der Waals surface area contributed by atoms with Crippen LogP contribution in [0.2, 0.25) is 0 Å². The molecule has 0 heterocycles. The van der Waals surface area contributed by atoms with Crippen molar-refractivity contribution in [1.82, 2.24) is 0 Å². The first-order valence-electron chi connectivity index (χ1n) is 15.9. The average molecular weight is 571 g/mol. The summed E-state index contributed by atoms with van der Waals surface area (Å²) in [5, 5.41) is 13.2. The molecule has 0 nitrogen and oxygen atoms in total. The number of fused-ring (bicyclic) bond motifs is 6. The van der Waals surface area contributed by atoms with Crippen LogP contribution in [-0.2, 0) is 5.41 Å². The maximum atomic E-state index is 2.47. The normalized spacial score (nSPS) is 13.7. The van der Waals surface area contributed by atoms with Crippen LogP contribution in [0, 0.1) is 0 Å². The van der Waals surface area contributed by atoms with Crippen LogP contribution in [0.15, 0.2) is 146 Å². The van der Waals surface area contributed by atoms with Crippen molar-refractivity contribution in [3.8, 4) is 33.4 Å². The van der Waals surface area contributed by atoms with Crippen LogP contribution in [0.25, 0.3) is 87.2 Å². The molecule has 1 aliphatic rings. The fourth-order valence-corrected chi connectivity index (χ4v) is 8.53. The first kappa shape index (κ1) is 24.9. The zero-order chi connectivity index (χ0) is 29.9. The Kier molecular flexibility index (Phi) is 4.88. The topological polar surface area (TPSA) is 0 Å². The Labute approximate surface area is 262 Å². The third-order valence-electron chi connectivity index (χ3n) is 10.6. The lowest BCUT2D eigenvalue weighted by atomic mass is 9.78. The van der Waals surface area contributed by atoms with Crippen molar-refractivity contribution >= 4 is 53.9 Å². The molecular weight excluding hydrogens is 540 g/mol. The summed E-state index contributed by atoms with van der Waals surface area (Å²) in [5.74, 6) is 0. The van der Waals surface area contributed by atoms with Crippen LogP contribution >= 0.6 is 0 Å². The summed E-state index contributed by atoms with van der Waals surface area (Å²) in [6, 6.07) is 54.6. The fraction of sp³-hybridized carbons (Fsp3) is 0.0667. The van der Waals surface area contributed by atoms with E-state index in [1.807, 2.05) is 0 Å². The van der Waals surface area contributed by atoms with E-state index in [9.17, 15) is 0 Å². The molecule has 1 aliphatic carbocycles. The molecule has 10 rings (SSSR count). The highest BCUT2D eigenvalue weighted by Gasteiger charge is 2.38. The van der Waals surface area contributed by atoms with Gasteiger partial charge in [-0.3, -0.25) is 0 Å². The van der Waals surface area contributed by atoms with E-state index in [1.54, 1.807) is 0 Å². The van der Waals surface area contributed by atoms with Crippen molar-refractivity contribution < 1.29 is 0 Å². The number of rotatable bonds is 2. The molecule has 9 aromatic carbocycles. The second kappa shape index (κ2) is 8.80. The van der Waals surface area contributed by atoms with Gasteiger partial charge in [0.1, 0.15) is 0 Å². The zero-order valence-electron chi connectivity index (χ0n) is 25.4. The molecule has 0 amide bonds. The smallest absolute Gasteiger partial charge is 0.0165 e. The summed E-state index contributed by atoms with van der Waals surface area (Å²) in [5.41, 5.74) is 10.6. The first-order chi connectivity index (χ1) is 22.1. The molecule has 0 spiro atoms. The van der Waals surface area contributed by atoms with E-state index in [4.69, 9.17) is 0 Å². The van der Waals surface area contributed by atoms with Crippen molar-refractivity contribution in [2.45, 2.75) is 19.3 Å². The van der Waals surface area contributed by atoms with Gasteiger partial charge in [0.25, 0.3) is 0 Å². The van der Waals surface area contributed by atoms with E-state index < -0.39 is 0 Å². The van der Waals surface area contributed by atoms with Crippen LogP contribution in [0.5, 0.6) is 0 Å². The second-order valence-corrected chi connectivity index (χ2v) is 13.3. The van der Waals surface area contributed by atoms with Crippen LogP contribution in [0.1, 0.15) is 25.0 Å². The van der Waals surface area contributed by atoms with Gasteiger partial charge in [-0.15, -0.1) is 0 Å². The van der Waals surface area contributed by atoms with Gasteiger partial charge in [0.15, 0.2) is 0 Å². The van der Waals surface area contributed by atoms with E-state index in [1.165, 1.54) is 98.4 Å². The molecule has 0 N–H and O–H groups in total. The van der Waals surface area contributed by atoms with Crippen LogP contribution in [0.4, 0.5) is 0 Å². The van der Waals surface area contributed by atoms with Gasteiger partial charge in [0, 0.05) is 5.41 Å². The van der Waals surface area contributed by atoms with Gasteiger partial charge in [0.2, 0.25) is 0 Å². The van der Waals surface area contributed by atoms with Crippen molar-refractivity contribution in [1.29, 1.82) is 0 Å². The van der Waals surface area contributed by atoms with Gasteiger partial charge in [0.05, 0.1) is 0 Å². The predicted octanol–water partition coefficient (Wildman–Crippen LogP) is 12.5. The highest BCUT2D eigenvalue weighted by atomic mass is 14.4. The van der Waals surface area contributed by atoms with Gasteiger partial charge in [-0.25, -0.2) is 0 Å². The lowest BCUT2D eigenvalue weighted by Crippen LogP contribution is -2.15. The predicted molar refractivity (Wildman–Crippen MR) is 194 cm³/mol. The summed E-state index contributed by atoms with van der Waals surface area (Å²) in [6.45, 7) is 4.82. The Hall–Kier alpha value is -5.46. The molecule has 9 aromatic rings. The van der Waals surface area contributed by atoms with E-state index in [0.29, 0.717) is 0 Å². The number of hydrogen-bond acceptors (Lipinski definition) is 0. The molecule has 210 valence electrons. The molecule has 0 heteroatoms. The Balaban J connectivity index is 1.30. The van der Waals surface area contributed by atoms with Crippen molar-refractivity contribution in [2.24, 2.45) is 0 Å². The largest absolute Gasteiger partial charge is 0.0619 e. The molecule has 0 fully saturated rings. The highest BCUT2D eigenvalue weighted by molar-refractivity contribution is 6.25. The van der Waals surface area contributed by atoms with Gasteiger partial charge >= 0.3 is 0 Å². The molecule has 45 heavy (non-hydrogen) atoms. The van der Waals surface area contributed by atoms with Gasteiger partial charge in [-0.1, -0.05) is 147 Å². The van der Waals surface area contributed by atoms with Gasteiger partial charge in [-0.2, -0.15) is 0 Å². The summed E-state index contributed by atoms with van der Waals surface area (Å²) < 4.78 is 0. The number of hydrogen-bond donors (Lipinski definition) is 0. The highest BCUT2D eigenvalue weighted by Crippen LogP contribution is 2.55. The minimum absolute atomic E-state index is 0.133. The standard InChI is InChI=1S/C45H30/c1-45(2)40-16-6-5-14-37(40)43-39(35-15-8-10-27-9-3-4-13-33(27)35)26-32-20-19-31(25-38(32)44(43)45)34-23-21-30-18-17-28-11-7-12-29-22-24-36(34)42(30)41(28)29/h3-26H,1-2H3. The Bertz CT molecular complexity index is 2650. The van der Waals surface area contributed by atoms with Crippen LogP contribution in [-0.4, -0.2) is 0 Å². The maximum Gasteiger partial charge on any atom is 0.0165 e.